The number of carbonyl (C=O) groups excluding carboxylic acids is 1. The molecule has 14 heavy (non-hydrogen) atoms. The van der Waals surface area contributed by atoms with E-state index in [-0.39, 0.29) is 5.78 Å². The average molecular weight is 254 g/mol. The molecule has 0 aromatic carbocycles. The van der Waals surface area contributed by atoms with Crippen LogP contribution in [-0.2, 0) is 0 Å². The molecular weight excluding hydrogens is 242 g/mol. The summed E-state index contributed by atoms with van der Waals surface area (Å²) in [5.74, 6) is 0.852. The molecule has 3 heteroatoms. The summed E-state index contributed by atoms with van der Waals surface area (Å²) >= 11 is 3.31. The molecule has 1 heterocycles. The van der Waals surface area contributed by atoms with E-state index >= 15 is 0 Å². The van der Waals surface area contributed by atoms with Crippen molar-refractivity contribution in [2.24, 2.45) is 5.92 Å². The molecule has 1 aliphatic carbocycles. The third kappa shape index (κ3) is 2.21. The topological polar surface area (TPSA) is 30.0 Å². The first kappa shape index (κ1) is 9.84. The monoisotopic (exact) mass is 253 g/mol. The average Bonchev–Trinajstić information content (AvgIpc) is 2.11. The second-order valence-corrected chi connectivity index (χ2v) is 4.73. The fourth-order valence-corrected chi connectivity index (χ4v) is 2.01. The van der Waals surface area contributed by atoms with Crippen LogP contribution in [0.3, 0.4) is 0 Å². The molecule has 0 radical (unpaired) electrons. The van der Waals surface area contributed by atoms with Gasteiger partial charge in [-0.1, -0.05) is 19.3 Å². The summed E-state index contributed by atoms with van der Waals surface area (Å²) < 4.78 is 0.872. The quantitative estimate of drug-likeness (QED) is 0.775. The lowest BCUT2D eigenvalue weighted by atomic mass is 9.81. The molecule has 0 bridgehead atoms. The predicted octanol–water partition coefficient (Wildman–Crippen LogP) is 3.22. The van der Waals surface area contributed by atoms with Gasteiger partial charge in [0.25, 0.3) is 0 Å². The molecule has 1 fully saturated rings. The molecule has 2 rings (SSSR count). The van der Waals surface area contributed by atoms with Crippen molar-refractivity contribution in [2.45, 2.75) is 25.7 Å². The third-order valence-corrected chi connectivity index (χ3v) is 3.16. The number of ketones is 1. The molecule has 0 aliphatic heterocycles. The van der Waals surface area contributed by atoms with E-state index in [1.807, 2.05) is 6.07 Å². The molecular formula is C11H12BrNO. The van der Waals surface area contributed by atoms with Crippen LogP contribution in [0.4, 0.5) is 0 Å². The molecule has 1 aromatic rings. The van der Waals surface area contributed by atoms with Crippen LogP contribution in [0.15, 0.2) is 22.9 Å². The zero-order valence-corrected chi connectivity index (χ0v) is 9.46. The number of Topliss-reactive ketones (excluding diaryl/α,β-unsaturated/α-hetero) is 1. The van der Waals surface area contributed by atoms with Crippen LogP contribution in [0.25, 0.3) is 0 Å². The standard InChI is InChI=1S/C11H12BrNO/c12-10-5-9(6-13-7-10)11(14)4-8-2-1-3-8/h5-8H,1-4H2. The SMILES string of the molecule is O=C(CC1CCC1)c1cncc(Br)c1. The van der Waals surface area contributed by atoms with Gasteiger partial charge in [-0.3, -0.25) is 9.78 Å². The Labute approximate surface area is 91.9 Å². The van der Waals surface area contributed by atoms with Crippen molar-refractivity contribution >= 4 is 21.7 Å². The highest BCUT2D eigenvalue weighted by atomic mass is 79.9. The normalized spacial score (nSPS) is 16.4. The molecule has 0 saturated heterocycles. The predicted molar refractivity (Wildman–Crippen MR) is 58.2 cm³/mol. The number of pyridine rings is 1. The maximum atomic E-state index is 11.7. The van der Waals surface area contributed by atoms with Gasteiger partial charge in [0.05, 0.1) is 0 Å². The van der Waals surface area contributed by atoms with E-state index in [2.05, 4.69) is 20.9 Å². The van der Waals surface area contributed by atoms with Crippen molar-refractivity contribution in [1.82, 2.24) is 4.98 Å². The van der Waals surface area contributed by atoms with Gasteiger partial charge in [-0.05, 0) is 27.9 Å². The Kier molecular flexibility index (Phi) is 2.96. The molecule has 74 valence electrons. The summed E-state index contributed by atoms with van der Waals surface area (Å²) in [6, 6.07) is 1.84. The summed E-state index contributed by atoms with van der Waals surface area (Å²) in [6.45, 7) is 0. The van der Waals surface area contributed by atoms with E-state index in [9.17, 15) is 4.79 Å². The van der Waals surface area contributed by atoms with Crippen LogP contribution in [0.5, 0.6) is 0 Å². The van der Waals surface area contributed by atoms with Crippen LogP contribution >= 0.6 is 15.9 Å². The van der Waals surface area contributed by atoms with Crippen LogP contribution < -0.4 is 0 Å². The Morgan fingerprint density at radius 2 is 2.29 bits per heavy atom. The van der Waals surface area contributed by atoms with Gasteiger partial charge in [-0.15, -0.1) is 0 Å². The fraction of sp³-hybridized carbons (Fsp3) is 0.455. The molecule has 0 atom stereocenters. The van der Waals surface area contributed by atoms with Crippen LogP contribution in [0, 0.1) is 5.92 Å². The summed E-state index contributed by atoms with van der Waals surface area (Å²) in [6.07, 6.45) is 7.75. The van der Waals surface area contributed by atoms with Crippen LogP contribution in [0.2, 0.25) is 0 Å². The Morgan fingerprint density at radius 3 is 2.86 bits per heavy atom. The minimum Gasteiger partial charge on any atom is -0.294 e. The Balaban J connectivity index is 2.02. The Hall–Kier alpha value is -0.700. The second-order valence-electron chi connectivity index (χ2n) is 3.82. The lowest BCUT2D eigenvalue weighted by Crippen LogP contribution is -2.16. The minimum absolute atomic E-state index is 0.225. The third-order valence-electron chi connectivity index (χ3n) is 2.73. The number of nitrogens with zero attached hydrogens (tertiary/aromatic N) is 1. The fourth-order valence-electron chi connectivity index (χ4n) is 1.64. The van der Waals surface area contributed by atoms with Crippen molar-refractivity contribution in [3.8, 4) is 0 Å². The highest BCUT2D eigenvalue weighted by Crippen LogP contribution is 2.30. The number of rotatable bonds is 3. The highest BCUT2D eigenvalue weighted by molar-refractivity contribution is 9.10. The van der Waals surface area contributed by atoms with Gasteiger partial charge in [0.2, 0.25) is 0 Å². The van der Waals surface area contributed by atoms with E-state index in [1.54, 1.807) is 12.4 Å². The van der Waals surface area contributed by atoms with Crippen molar-refractivity contribution in [1.29, 1.82) is 0 Å². The van der Waals surface area contributed by atoms with Crippen LogP contribution in [-0.4, -0.2) is 10.8 Å². The maximum absolute atomic E-state index is 11.7. The summed E-state index contributed by atoms with van der Waals surface area (Å²) in [4.78, 5) is 15.7. The van der Waals surface area contributed by atoms with Gasteiger partial charge < -0.3 is 0 Å². The number of hydrogen-bond acceptors (Lipinski definition) is 2. The minimum atomic E-state index is 0.225. The number of carbonyl (C=O) groups is 1. The van der Waals surface area contributed by atoms with Gasteiger partial charge in [0, 0.05) is 28.9 Å². The molecule has 0 spiro atoms. The van der Waals surface area contributed by atoms with E-state index in [1.165, 1.54) is 19.3 Å². The van der Waals surface area contributed by atoms with Crippen molar-refractivity contribution in [2.75, 3.05) is 0 Å². The summed E-state index contributed by atoms with van der Waals surface area (Å²) in [7, 11) is 0. The molecule has 0 unspecified atom stereocenters. The van der Waals surface area contributed by atoms with Gasteiger partial charge >= 0.3 is 0 Å². The van der Waals surface area contributed by atoms with Gasteiger partial charge in [0.1, 0.15) is 0 Å². The van der Waals surface area contributed by atoms with E-state index in [0.717, 1.165) is 10.0 Å². The molecule has 1 saturated carbocycles. The summed E-state index contributed by atoms with van der Waals surface area (Å²) in [5, 5.41) is 0. The number of halogens is 1. The highest BCUT2D eigenvalue weighted by Gasteiger charge is 2.21. The maximum Gasteiger partial charge on any atom is 0.164 e. The molecule has 2 nitrogen and oxygen atoms in total. The van der Waals surface area contributed by atoms with E-state index in [4.69, 9.17) is 0 Å². The van der Waals surface area contributed by atoms with Crippen LogP contribution in [0.1, 0.15) is 36.0 Å². The van der Waals surface area contributed by atoms with E-state index in [0.29, 0.717) is 12.3 Å². The lowest BCUT2D eigenvalue weighted by Gasteiger charge is -2.24. The zero-order chi connectivity index (χ0) is 9.97. The van der Waals surface area contributed by atoms with Gasteiger partial charge in [-0.2, -0.15) is 0 Å². The Morgan fingerprint density at radius 1 is 1.50 bits per heavy atom. The largest absolute Gasteiger partial charge is 0.294 e. The van der Waals surface area contributed by atoms with Crippen molar-refractivity contribution in [3.63, 3.8) is 0 Å². The van der Waals surface area contributed by atoms with E-state index < -0.39 is 0 Å². The van der Waals surface area contributed by atoms with Crippen molar-refractivity contribution < 1.29 is 4.79 Å². The first-order valence-electron chi connectivity index (χ1n) is 4.89. The molecule has 0 amide bonds. The molecule has 1 aromatic heterocycles. The smallest absolute Gasteiger partial charge is 0.164 e. The van der Waals surface area contributed by atoms with Crippen molar-refractivity contribution in [3.05, 3.63) is 28.5 Å². The zero-order valence-electron chi connectivity index (χ0n) is 7.87. The van der Waals surface area contributed by atoms with Gasteiger partial charge in [0.15, 0.2) is 5.78 Å². The van der Waals surface area contributed by atoms with Gasteiger partial charge in [-0.25, -0.2) is 0 Å². The first-order valence-corrected chi connectivity index (χ1v) is 5.69. The lowest BCUT2D eigenvalue weighted by molar-refractivity contribution is 0.0936. The number of aromatic nitrogens is 1. The molecule has 1 aliphatic rings. The first-order chi connectivity index (χ1) is 6.75. The summed E-state index contributed by atoms with van der Waals surface area (Å²) in [5.41, 5.74) is 0.728. The molecule has 0 N–H and O–H groups in total. The Bertz CT molecular complexity index is 347. The number of hydrogen-bond donors (Lipinski definition) is 0. The second kappa shape index (κ2) is 4.22.